The van der Waals surface area contributed by atoms with Gasteiger partial charge < -0.3 is 15.8 Å². The van der Waals surface area contributed by atoms with Crippen LogP contribution in [0.4, 0.5) is 5.69 Å². The summed E-state index contributed by atoms with van der Waals surface area (Å²) in [6, 6.07) is 7.44. The van der Waals surface area contributed by atoms with E-state index in [1.807, 2.05) is 24.3 Å². The number of hydrogen-bond donors (Lipinski definition) is 2. The molecule has 1 aromatic carbocycles. The van der Waals surface area contributed by atoms with Crippen LogP contribution in [0.15, 0.2) is 24.3 Å². The lowest BCUT2D eigenvalue weighted by molar-refractivity contribution is -0.120. The van der Waals surface area contributed by atoms with Crippen LogP contribution in [0.25, 0.3) is 0 Å². The van der Waals surface area contributed by atoms with Crippen molar-refractivity contribution in [2.45, 2.75) is 19.3 Å². The number of anilines is 1. The molecule has 1 fully saturated rings. The Morgan fingerprint density at radius 1 is 1.19 bits per heavy atom. The van der Waals surface area contributed by atoms with Gasteiger partial charge in [0.2, 0.25) is 5.91 Å². The topological polar surface area (TPSA) is 67.6 Å². The van der Waals surface area contributed by atoms with Crippen LogP contribution in [-0.4, -0.2) is 50.2 Å². The SMILES string of the molecule is Nc1ccc(CC(=O)NCCCCN2CCOCC2)cc1. The van der Waals surface area contributed by atoms with Gasteiger partial charge in [0.25, 0.3) is 0 Å². The molecule has 0 saturated carbocycles. The monoisotopic (exact) mass is 291 g/mol. The van der Waals surface area contributed by atoms with Gasteiger partial charge in [-0.2, -0.15) is 0 Å². The van der Waals surface area contributed by atoms with Crippen LogP contribution in [0.3, 0.4) is 0 Å². The van der Waals surface area contributed by atoms with Gasteiger partial charge in [0.15, 0.2) is 0 Å². The molecule has 0 spiro atoms. The zero-order valence-corrected chi connectivity index (χ0v) is 12.5. The van der Waals surface area contributed by atoms with Gasteiger partial charge in [-0.05, 0) is 37.1 Å². The third-order valence-electron chi connectivity index (χ3n) is 3.67. The van der Waals surface area contributed by atoms with Crippen molar-refractivity contribution in [1.29, 1.82) is 0 Å². The lowest BCUT2D eigenvalue weighted by Crippen LogP contribution is -2.37. The molecule has 0 radical (unpaired) electrons. The summed E-state index contributed by atoms with van der Waals surface area (Å²) < 4.78 is 5.32. The summed E-state index contributed by atoms with van der Waals surface area (Å²) in [5.41, 5.74) is 7.34. The minimum Gasteiger partial charge on any atom is -0.399 e. The van der Waals surface area contributed by atoms with Gasteiger partial charge in [-0.3, -0.25) is 9.69 Å². The highest BCUT2D eigenvalue weighted by atomic mass is 16.5. The van der Waals surface area contributed by atoms with Gasteiger partial charge >= 0.3 is 0 Å². The Kier molecular flexibility index (Phi) is 6.50. The average molecular weight is 291 g/mol. The summed E-state index contributed by atoms with van der Waals surface area (Å²) in [7, 11) is 0. The number of ether oxygens (including phenoxy) is 1. The van der Waals surface area contributed by atoms with Crippen molar-refractivity contribution in [3.05, 3.63) is 29.8 Å². The van der Waals surface area contributed by atoms with Crippen molar-refractivity contribution in [2.75, 3.05) is 45.1 Å². The fraction of sp³-hybridized carbons (Fsp3) is 0.562. The predicted octanol–water partition coefficient (Wildman–Crippen LogP) is 1.04. The Morgan fingerprint density at radius 3 is 2.62 bits per heavy atom. The van der Waals surface area contributed by atoms with Gasteiger partial charge in [-0.15, -0.1) is 0 Å². The second kappa shape index (κ2) is 8.64. The molecular weight excluding hydrogens is 266 g/mol. The Labute approximate surface area is 126 Å². The molecule has 1 amide bonds. The van der Waals surface area contributed by atoms with Crippen molar-refractivity contribution in [3.8, 4) is 0 Å². The number of nitrogens with one attached hydrogen (secondary N) is 1. The molecule has 1 saturated heterocycles. The van der Waals surface area contributed by atoms with Gasteiger partial charge in [0.1, 0.15) is 0 Å². The highest BCUT2D eigenvalue weighted by molar-refractivity contribution is 5.78. The van der Waals surface area contributed by atoms with Crippen molar-refractivity contribution < 1.29 is 9.53 Å². The molecular formula is C16H25N3O2. The summed E-state index contributed by atoms with van der Waals surface area (Å²) in [5.74, 6) is 0.0751. The van der Waals surface area contributed by atoms with Crippen LogP contribution >= 0.6 is 0 Å². The van der Waals surface area contributed by atoms with Crippen LogP contribution in [0, 0.1) is 0 Å². The van der Waals surface area contributed by atoms with Crippen LogP contribution in [-0.2, 0) is 16.0 Å². The first kappa shape index (κ1) is 15.8. The molecule has 116 valence electrons. The molecule has 0 bridgehead atoms. The van der Waals surface area contributed by atoms with E-state index in [1.54, 1.807) is 0 Å². The molecule has 1 aromatic rings. The molecule has 2 rings (SSSR count). The summed E-state index contributed by atoms with van der Waals surface area (Å²) in [4.78, 5) is 14.2. The lowest BCUT2D eigenvalue weighted by Gasteiger charge is -2.26. The van der Waals surface area contributed by atoms with Crippen molar-refractivity contribution in [3.63, 3.8) is 0 Å². The van der Waals surface area contributed by atoms with Crippen LogP contribution in [0.5, 0.6) is 0 Å². The number of carbonyl (C=O) groups is 1. The molecule has 1 aliphatic rings. The third-order valence-corrected chi connectivity index (χ3v) is 3.67. The molecule has 1 heterocycles. The normalized spacial score (nSPS) is 15.8. The standard InChI is InChI=1S/C16H25N3O2/c17-15-5-3-14(4-6-15)13-16(20)18-7-1-2-8-19-9-11-21-12-10-19/h3-6H,1-2,7-13,17H2,(H,18,20). The second-order valence-electron chi connectivity index (χ2n) is 5.43. The van der Waals surface area contributed by atoms with Crippen molar-refractivity contribution >= 4 is 11.6 Å². The number of nitrogen functional groups attached to an aromatic ring is 1. The quantitative estimate of drug-likeness (QED) is 0.582. The zero-order chi connectivity index (χ0) is 14.9. The lowest BCUT2D eigenvalue weighted by atomic mass is 10.1. The zero-order valence-electron chi connectivity index (χ0n) is 12.5. The maximum Gasteiger partial charge on any atom is 0.224 e. The highest BCUT2D eigenvalue weighted by Gasteiger charge is 2.09. The van der Waals surface area contributed by atoms with E-state index in [0.29, 0.717) is 6.42 Å². The van der Waals surface area contributed by atoms with Gasteiger partial charge in [0, 0.05) is 25.3 Å². The predicted molar refractivity (Wildman–Crippen MR) is 84.1 cm³/mol. The number of rotatable bonds is 7. The van der Waals surface area contributed by atoms with Gasteiger partial charge in [-0.25, -0.2) is 0 Å². The molecule has 0 atom stereocenters. The van der Waals surface area contributed by atoms with Crippen LogP contribution < -0.4 is 11.1 Å². The maximum atomic E-state index is 11.8. The van der Waals surface area contributed by atoms with Crippen LogP contribution in [0.2, 0.25) is 0 Å². The van der Waals surface area contributed by atoms with E-state index in [2.05, 4.69) is 10.2 Å². The molecule has 0 aliphatic carbocycles. The number of morpholine rings is 1. The molecule has 5 heteroatoms. The largest absolute Gasteiger partial charge is 0.399 e. The molecule has 5 nitrogen and oxygen atoms in total. The smallest absolute Gasteiger partial charge is 0.224 e. The molecule has 0 unspecified atom stereocenters. The fourth-order valence-corrected chi connectivity index (χ4v) is 2.40. The maximum absolute atomic E-state index is 11.8. The van der Waals surface area contributed by atoms with E-state index in [-0.39, 0.29) is 5.91 Å². The molecule has 21 heavy (non-hydrogen) atoms. The van der Waals surface area contributed by atoms with Gasteiger partial charge in [0.05, 0.1) is 19.6 Å². The molecule has 3 N–H and O–H groups in total. The minimum absolute atomic E-state index is 0.0751. The van der Waals surface area contributed by atoms with E-state index in [1.165, 1.54) is 0 Å². The van der Waals surface area contributed by atoms with Crippen molar-refractivity contribution in [2.24, 2.45) is 0 Å². The number of amides is 1. The Bertz CT molecular complexity index is 428. The first-order valence-corrected chi connectivity index (χ1v) is 7.65. The second-order valence-corrected chi connectivity index (χ2v) is 5.43. The summed E-state index contributed by atoms with van der Waals surface area (Å²) in [5, 5.41) is 2.97. The number of nitrogens with two attached hydrogens (primary N) is 1. The van der Waals surface area contributed by atoms with Crippen LogP contribution in [0.1, 0.15) is 18.4 Å². The van der Waals surface area contributed by atoms with E-state index >= 15 is 0 Å². The number of carbonyl (C=O) groups excluding carboxylic acids is 1. The van der Waals surface area contributed by atoms with E-state index < -0.39 is 0 Å². The Balaban J connectivity index is 1.53. The third kappa shape index (κ3) is 6.14. The fourth-order valence-electron chi connectivity index (χ4n) is 2.40. The van der Waals surface area contributed by atoms with Crippen molar-refractivity contribution in [1.82, 2.24) is 10.2 Å². The number of nitrogens with zero attached hydrogens (tertiary/aromatic N) is 1. The Morgan fingerprint density at radius 2 is 1.90 bits per heavy atom. The summed E-state index contributed by atoms with van der Waals surface area (Å²) >= 11 is 0. The van der Waals surface area contributed by atoms with E-state index in [4.69, 9.17) is 10.5 Å². The first-order chi connectivity index (χ1) is 10.2. The number of hydrogen-bond acceptors (Lipinski definition) is 4. The number of benzene rings is 1. The highest BCUT2D eigenvalue weighted by Crippen LogP contribution is 2.06. The van der Waals surface area contributed by atoms with Gasteiger partial charge in [-0.1, -0.05) is 12.1 Å². The minimum atomic E-state index is 0.0751. The first-order valence-electron chi connectivity index (χ1n) is 7.65. The Hall–Kier alpha value is -1.59. The van der Waals surface area contributed by atoms with E-state index in [0.717, 1.165) is 63.5 Å². The molecule has 1 aliphatic heterocycles. The average Bonchev–Trinajstić information content (AvgIpc) is 2.50. The number of unbranched alkanes of at least 4 members (excludes halogenated alkanes) is 1. The van der Waals surface area contributed by atoms with E-state index in [9.17, 15) is 4.79 Å². The summed E-state index contributed by atoms with van der Waals surface area (Å²) in [6.07, 6.45) is 2.55. The summed E-state index contributed by atoms with van der Waals surface area (Å²) in [6.45, 7) is 5.60. The molecule has 0 aromatic heterocycles.